The van der Waals surface area contributed by atoms with Crippen molar-refractivity contribution in [3.8, 4) is 0 Å². The molecule has 1 fully saturated rings. The monoisotopic (exact) mass is 282 g/mol. The average Bonchev–Trinajstić information content (AvgIpc) is 2.91. The highest BCUT2D eigenvalue weighted by Crippen LogP contribution is 2.24. The Bertz CT molecular complexity index is 375. The van der Waals surface area contributed by atoms with E-state index in [9.17, 15) is 14.4 Å². The smallest absolute Gasteiger partial charge is 0.323 e. The zero-order chi connectivity index (χ0) is 15.0. The van der Waals surface area contributed by atoms with Crippen LogP contribution in [0.15, 0.2) is 12.7 Å². The second-order valence-electron chi connectivity index (χ2n) is 4.98. The Kier molecular flexibility index (Phi) is 6.76. The Morgan fingerprint density at radius 2 is 1.95 bits per heavy atom. The number of rotatable bonds is 8. The number of hydrogen-bond acceptors (Lipinski definition) is 3. The fourth-order valence-corrected chi connectivity index (χ4v) is 2.36. The molecule has 0 unspecified atom stereocenters. The summed E-state index contributed by atoms with van der Waals surface area (Å²) >= 11 is 0. The molecule has 1 aliphatic carbocycles. The second kappa shape index (κ2) is 8.35. The molecule has 1 rings (SSSR count). The maximum atomic E-state index is 11.8. The van der Waals surface area contributed by atoms with Gasteiger partial charge in [-0.1, -0.05) is 18.9 Å². The fourth-order valence-electron chi connectivity index (χ4n) is 2.36. The topological polar surface area (TPSA) is 86.7 Å². The molecule has 0 spiro atoms. The van der Waals surface area contributed by atoms with Crippen LogP contribution in [0.4, 0.5) is 0 Å². The maximum absolute atomic E-state index is 11.8. The van der Waals surface area contributed by atoms with Crippen molar-refractivity contribution in [1.29, 1.82) is 0 Å². The zero-order valence-electron chi connectivity index (χ0n) is 11.6. The molecule has 1 saturated carbocycles. The normalized spacial score (nSPS) is 14.8. The van der Waals surface area contributed by atoms with Crippen LogP contribution in [0.5, 0.6) is 0 Å². The number of carboxylic acids is 1. The molecule has 6 heteroatoms. The van der Waals surface area contributed by atoms with Crippen LogP contribution in [-0.2, 0) is 14.4 Å². The van der Waals surface area contributed by atoms with Gasteiger partial charge in [-0.15, -0.1) is 6.58 Å². The van der Waals surface area contributed by atoms with E-state index in [-0.39, 0.29) is 43.8 Å². The van der Waals surface area contributed by atoms with Gasteiger partial charge in [0.2, 0.25) is 11.8 Å². The summed E-state index contributed by atoms with van der Waals surface area (Å²) in [6.07, 6.45) is 5.60. The van der Waals surface area contributed by atoms with Crippen molar-refractivity contribution in [2.24, 2.45) is 5.92 Å². The SMILES string of the molecule is C=CCN(CC(=O)O)C(=O)CCNC(=O)C1CCCC1. The lowest BCUT2D eigenvalue weighted by Crippen LogP contribution is -2.38. The van der Waals surface area contributed by atoms with Crippen LogP contribution in [0.25, 0.3) is 0 Å². The molecule has 2 amide bonds. The van der Waals surface area contributed by atoms with E-state index >= 15 is 0 Å². The molecule has 20 heavy (non-hydrogen) atoms. The Labute approximate surface area is 118 Å². The summed E-state index contributed by atoms with van der Waals surface area (Å²) in [7, 11) is 0. The Morgan fingerprint density at radius 1 is 1.30 bits per heavy atom. The van der Waals surface area contributed by atoms with Gasteiger partial charge in [-0.05, 0) is 12.8 Å². The first-order valence-corrected chi connectivity index (χ1v) is 6.92. The number of carbonyl (C=O) groups excluding carboxylic acids is 2. The molecule has 0 aromatic heterocycles. The van der Waals surface area contributed by atoms with Crippen LogP contribution in [-0.4, -0.2) is 47.4 Å². The number of carboxylic acid groups (broad SMARTS) is 1. The van der Waals surface area contributed by atoms with Crippen LogP contribution in [0.1, 0.15) is 32.1 Å². The van der Waals surface area contributed by atoms with Gasteiger partial charge in [0.1, 0.15) is 6.54 Å². The summed E-state index contributed by atoms with van der Waals surface area (Å²) in [4.78, 5) is 35.4. The zero-order valence-corrected chi connectivity index (χ0v) is 11.6. The summed E-state index contributed by atoms with van der Waals surface area (Å²) in [6, 6.07) is 0. The summed E-state index contributed by atoms with van der Waals surface area (Å²) in [5.74, 6) is -1.27. The molecule has 0 saturated heterocycles. The third-order valence-electron chi connectivity index (χ3n) is 3.39. The van der Waals surface area contributed by atoms with Gasteiger partial charge >= 0.3 is 5.97 Å². The Hall–Kier alpha value is -1.85. The van der Waals surface area contributed by atoms with Gasteiger partial charge in [-0.25, -0.2) is 0 Å². The van der Waals surface area contributed by atoms with Crippen LogP contribution in [0.2, 0.25) is 0 Å². The van der Waals surface area contributed by atoms with Crippen LogP contribution in [0.3, 0.4) is 0 Å². The van der Waals surface area contributed by atoms with Gasteiger partial charge in [0, 0.05) is 25.4 Å². The summed E-state index contributed by atoms with van der Waals surface area (Å²) in [6.45, 7) is 3.60. The lowest BCUT2D eigenvalue weighted by Gasteiger charge is -2.19. The Balaban J connectivity index is 2.30. The highest BCUT2D eigenvalue weighted by molar-refractivity contribution is 5.83. The van der Waals surface area contributed by atoms with Crippen molar-refractivity contribution in [1.82, 2.24) is 10.2 Å². The minimum Gasteiger partial charge on any atom is -0.480 e. The number of nitrogens with zero attached hydrogens (tertiary/aromatic N) is 1. The van der Waals surface area contributed by atoms with Crippen molar-refractivity contribution >= 4 is 17.8 Å². The van der Waals surface area contributed by atoms with E-state index in [1.807, 2.05) is 0 Å². The van der Waals surface area contributed by atoms with E-state index in [0.29, 0.717) is 0 Å². The van der Waals surface area contributed by atoms with E-state index in [1.54, 1.807) is 0 Å². The van der Waals surface area contributed by atoms with Crippen LogP contribution >= 0.6 is 0 Å². The Morgan fingerprint density at radius 3 is 2.50 bits per heavy atom. The van der Waals surface area contributed by atoms with E-state index in [2.05, 4.69) is 11.9 Å². The minimum atomic E-state index is -1.06. The van der Waals surface area contributed by atoms with Gasteiger partial charge < -0.3 is 15.3 Å². The predicted molar refractivity (Wildman–Crippen MR) is 74.0 cm³/mol. The highest BCUT2D eigenvalue weighted by atomic mass is 16.4. The van der Waals surface area contributed by atoms with Crippen molar-refractivity contribution in [2.45, 2.75) is 32.1 Å². The van der Waals surface area contributed by atoms with Gasteiger partial charge in [0.15, 0.2) is 0 Å². The minimum absolute atomic E-state index is 0.00352. The molecule has 112 valence electrons. The number of hydrogen-bond donors (Lipinski definition) is 2. The van der Waals surface area contributed by atoms with E-state index in [4.69, 9.17) is 5.11 Å². The third kappa shape index (κ3) is 5.42. The fraction of sp³-hybridized carbons (Fsp3) is 0.643. The first-order valence-electron chi connectivity index (χ1n) is 6.92. The van der Waals surface area contributed by atoms with Gasteiger partial charge in [0.05, 0.1) is 0 Å². The van der Waals surface area contributed by atoms with Crippen molar-refractivity contribution in [3.63, 3.8) is 0 Å². The molecule has 1 aliphatic rings. The first-order chi connectivity index (χ1) is 9.54. The van der Waals surface area contributed by atoms with Crippen molar-refractivity contribution in [3.05, 3.63) is 12.7 Å². The number of amides is 2. The van der Waals surface area contributed by atoms with Gasteiger partial charge in [-0.3, -0.25) is 14.4 Å². The van der Waals surface area contributed by atoms with Crippen LogP contribution in [0, 0.1) is 5.92 Å². The third-order valence-corrected chi connectivity index (χ3v) is 3.39. The highest BCUT2D eigenvalue weighted by Gasteiger charge is 2.22. The van der Waals surface area contributed by atoms with Crippen molar-refractivity contribution in [2.75, 3.05) is 19.6 Å². The molecule has 0 heterocycles. The summed E-state index contributed by atoms with van der Waals surface area (Å²) in [5.41, 5.74) is 0. The van der Waals surface area contributed by atoms with Crippen molar-refractivity contribution < 1.29 is 19.5 Å². The molecular formula is C14H22N2O4. The van der Waals surface area contributed by atoms with E-state index in [0.717, 1.165) is 25.7 Å². The quantitative estimate of drug-likeness (QED) is 0.644. The average molecular weight is 282 g/mol. The molecule has 6 nitrogen and oxygen atoms in total. The van der Waals surface area contributed by atoms with Gasteiger partial charge in [-0.2, -0.15) is 0 Å². The summed E-state index contributed by atoms with van der Waals surface area (Å²) < 4.78 is 0. The molecule has 0 aromatic rings. The van der Waals surface area contributed by atoms with Gasteiger partial charge in [0.25, 0.3) is 0 Å². The summed E-state index contributed by atoms with van der Waals surface area (Å²) in [5, 5.41) is 11.5. The molecule has 0 radical (unpaired) electrons. The standard InChI is InChI=1S/C14H22N2O4/c1-2-9-16(10-13(18)19)12(17)7-8-15-14(20)11-5-3-4-6-11/h2,11H,1,3-10H2,(H,15,20)(H,18,19). The number of nitrogens with one attached hydrogen (secondary N) is 1. The lowest BCUT2D eigenvalue weighted by atomic mass is 10.1. The van der Waals surface area contributed by atoms with E-state index in [1.165, 1.54) is 11.0 Å². The largest absolute Gasteiger partial charge is 0.480 e. The molecule has 0 aromatic carbocycles. The molecule has 0 atom stereocenters. The molecule has 0 bridgehead atoms. The lowest BCUT2D eigenvalue weighted by molar-refractivity contribution is -0.144. The second-order valence-corrected chi connectivity index (χ2v) is 4.98. The maximum Gasteiger partial charge on any atom is 0.323 e. The number of aliphatic carboxylic acids is 1. The molecular weight excluding hydrogens is 260 g/mol. The molecule has 2 N–H and O–H groups in total. The van der Waals surface area contributed by atoms with E-state index < -0.39 is 5.97 Å². The number of carbonyl (C=O) groups is 3. The van der Waals surface area contributed by atoms with Crippen LogP contribution < -0.4 is 5.32 Å². The molecule has 0 aliphatic heterocycles. The first kappa shape index (κ1) is 16.2. The predicted octanol–water partition coefficient (Wildman–Crippen LogP) is 0.782.